The molecule has 0 bridgehead atoms. The summed E-state index contributed by atoms with van der Waals surface area (Å²) in [4.78, 5) is 16.5. The Morgan fingerprint density at radius 2 is 1.81 bits per heavy atom. The zero-order chi connectivity index (χ0) is 24.9. The lowest BCUT2D eigenvalue weighted by molar-refractivity contribution is 0.614. The molecule has 0 radical (unpaired) electrons. The highest BCUT2D eigenvalue weighted by atomic mass is 15.0. The highest BCUT2D eigenvalue weighted by molar-refractivity contribution is 6.04. The van der Waals surface area contributed by atoms with Gasteiger partial charge in [0.2, 0.25) is 0 Å². The van der Waals surface area contributed by atoms with Gasteiger partial charge in [-0.05, 0) is 74.1 Å². The van der Waals surface area contributed by atoms with Gasteiger partial charge in [0.05, 0.1) is 34.7 Å². The van der Waals surface area contributed by atoms with E-state index in [1.807, 2.05) is 12.1 Å². The maximum atomic E-state index is 4.93. The number of nitrogens with zero attached hydrogens (tertiary/aromatic N) is 2. The monoisotopic (exact) mass is 474 g/mol. The Morgan fingerprint density at radius 3 is 2.61 bits per heavy atom. The lowest BCUT2D eigenvalue weighted by Crippen LogP contribution is -2.14. The number of fused-ring (bicyclic) bond motifs is 4. The molecule has 4 N–H and O–H groups in total. The average molecular weight is 475 g/mol. The molecule has 6 heteroatoms. The Hall–Kier alpha value is -4.10. The Kier molecular flexibility index (Phi) is 7.00. The van der Waals surface area contributed by atoms with Crippen LogP contribution >= 0.6 is 0 Å². The van der Waals surface area contributed by atoms with Crippen LogP contribution in [0.4, 0.5) is 0 Å². The van der Waals surface area contributed by atoms with E-state index in [1.54, 1.807) is 0 Å². The van der Waals surface area contributed by atoms with E-state index in [9.17, 15) is 0 Å². The van der Waals surface area contributed by atoms with Gasteiger partial charge in [-0.2, -0.15) is 0 Å². The Bertz CT molecular complexity index is 1590. The number of aromatic amines is 2. The Balaban J connectivity index is 0.00000130. The number of hydrogen-bond acceptors (Lipinski definition) is 4. The van der Waals surface area contributed by atoms with Crippen LogP contribution in [0.5, 0.6) is 0 Å². The van der Waals surface area contributed by atoms with Crippen molar-refractivity contribution in [1.29, 1.82) is 0 Å². The number of nitrogens with one attached hydrogen (secondary N) is 4. The molecule has 0 amide bonds. The van der Waals surface area contributed by atoms with E-state index < -0.39 is 0 Å². The van der Waals surface area contributed by atoms with Crippen molar-refractivity contribution in [2.45, 2.75) is 38.8 Å². The second-order valence-electron chi connectivity index (χ2n) is 9.01. The summed E-state index contributed by atoms with van der Waals surface area (Å²) >= 11 is 0. The summed E-state index contributed by atoms with van der Waals surface area (Å²) in [5, 5.41) is 9.23. The molecule has 1 saturated heterocycles. The molecule has 3 heterocycles. The van der Waals surface area contributed by atoms with Gasteiger partial charge in [0.25, 0.3) is 0 Å². The SMILES string of the molecule is C#C.CCCNCc1nc2ccc(C#Cc3ccc4c(ccc5[nH]c([C@@H]6CCCN6)nc54)c3)cc2[nH]1. The van der Waals surface area contributed by atoms with Gasteiger partial charge in [0.1, 0.15) is 11.6 Å². The van der Waals surface area contributed by atoms with Gasteiger partial charge in [-0.15, -0.1) is 12.8 Å². The zero-order valence-corrected chi connectivity index (χ0v) is 20.5. The number of H-pyrrole nitrogens is 2. The fourth-order valence-electron chi connectivity index (χ4n) is 4.73. The predicted octanol–water partition coefficient (Wildman–Crippen LogP) is 5.17. The molecule has 180 valence electrons. The molecule has 6 rings (SSSR count). The van der Waals surface area contributed by atoms with Gasteiger partial charge in [0, 0.05) is 16.5 Å². The highest BCUT2D eigenvalue weighted by Crippen LogP contribution is 2.28. The lowest BCUT2D eigenvalue weighted by Gasteiger charge is -2.04. The average Bonchev–Trinajstić information content (AvgIpc) is 3.67. The van der Waals surface area contributed by atoms with E-state index in [1.165, 1.54) is 6.42 Å². The summed E-state index contributed by atoms with van der Waals surface area (Å²) in [6.07, 6.45) is 11.5. The van der Waals surface area contributed by atoms with Gasteiger partial charge in [-0.3, -0.25) is 0 Å². The third-order valence-electron chi connectivity index (χ3n) is 6.48. The summed E-state index contributed by atoms with van der Waals surface area (Å²) in [6.45, 7) is 4.97. The third-order valence-corrected chi connectivity index (χ3v) is 6.48. The van der Waals surface area contributed by atoms with Crippen molar-refractivity contribution in [2.75, 3.05) is 13.1 Å². The summed E-state index contributed by atoms with van der Waals surface area (Å²) in [5.41, 5.74) is 6.09. The van der Waals surface area contributed by atoms with Crippen LogP contribution in [-0.2, 0) is 6.54 Å². The predicted molar refractivity (Wildman–Crippen MR) is 148 cm³/mol. The highest BCUT2D eigenvalue weighted by Gasteiger charge is 2.20. The quantitative estimate of drug-likeness (QED) is 0.209. The number of terminal acetylenes is 1. The number of benzene rings is 3. The van der Waals surface area contributed by atoms with Crippen molar-refractivity contribution < 1.29 is 0 Å². The second kappa shape index (κ2) is 10.7. The molecule has 36 heavy (non-hydrogen) atoms. The first-order chi connectivity index (χ1) is 17.8. The first-order valence-electron chi connectivity index (χ1n) is 12.5. The summed E-state index contributed by atoms with van der Waals surface area (Å²) in [5.74, 6) is 8.65. The van der Waals surface area contributed by atoms with Gasteiger partial charge in [-0.1, -0.05) is 30.9 Å². The number of hydrogen-bond donors (Lipinski definition) is 4. The Morgan fingerprint density at radius 1 is 0.972 bits per heavy atom. The van der Waals surface area contributed by atoms with Crippen molar-refractivity contribution in [3.8, 4) is 24.7 Å². The van der Waals surface area contributed by atoms with E-state index in [0.29, 0.717) is 6.04 Å². The van der Waals surface area contributed by atoms with Crippen molar-refractivity contribution in [1.82, 2.24) is 30.6 Å². The smallest absolute Gasteiger partial charge is 0.124 e. The molecule has 0 unspecified atom stereocenters. The van der Waals surface area contributed by atoms with Gasteiger partial charge >= 0.3 is 0 Å². The summed E-state index contributed by atoms with van der Waals surface area (Å²) in [7, 11) is 0. The zero-order valence-electron chi connectivity index (χ0n) is 20.5. The van der Waals surface area contributed by atoms with E-state index in [2.05, 4.69) is 93.6 Å². The number of imidazole rings is 2. The van der Waals surface area contributed by atoms with Gasteiger partial charge in [0.15, 0.2) is 0 Å². The maximum absolute atomic E-state index is 4.93. The minimum Gasteiger partial charge on any atom is -0.341 e. The first-order valence-corrected chi connectivity index (χ1v) is 12.5. The first kappa shape index (κ1) is 23.6. The minimum atomic E-state index is 0.337. The van der Waals surface area contributed by atoms with Gasteiger partial charge < -0.3 is 20.6 Å². The number of aromatic nitrogens is 4. The number of rotatable bonds is 5. The maximum Gasteiger partial charge on any atom is 0.124 e. The van der Waals surface area contributed by atoms with Gasteiger partial charge in [-0.25, -0.2) is 9.97 Å². The molecule has 1 aliphatic heterocycles. The lowest BCUT2D eigenvalue weighted by atomic mass is 10.1. The van der Waals surface area contributed by atoms with Crippen molar-refractivity contribution >= 4 is 32.8 Å². The summed E-state index contributed by atoms with van der Waals surface area (Å²) in [6, 6.07) is 17.1. The van der Waals surface area contributed by atoms with Crippen LogP contribution in [0.3, 0.4) is 0 Å². The topological polar surface area (TPSA) is 81.4 Å². The molecular weight excluding hydrogens is 444 g/mol. The van der Waals surface area contributed by atoms with E-state index in [0.717, 1.165) is 88.1 Å². The molecule has 1 aliphatic rings. The fourth-order valence-corrected chi connectivity index (χ4v) is 4.73. The van der Waals surface area contributed by atoms with Crippen LogP contribution in [-0.4, -0.2) is 33.0 Å². The van der Waals surface area contributed by atoms with E-state index >= 15 is 0 Å². The van der Waals surface area contributed by atoms with Crippen LogP contribution in [0.25, 0.3) is 32.8 Å². The van der Waals surface area contributed by atoms with Crippen LogP contribution in [0.1, 0.15) is 55.0 Å². The molecule has 1 fully saturated rings. The molecule has 2 aromatic heterocycles. The van der Waals surface area contributed by atoms with Crippen molar-refractivity contribution in [3.63, 3.8) is 0 Å². The molecule has 0 saturated carbocycles. The van der Waals surface area contributed by atoms with Crippen LogP contribution in [0, 0.1) is 24.7 Å². The molecule has 5 aromatic rings. The van der Waals surface area contributed by atoms with Crippen molar-refractivity contribution in [3.05, 3.63) is 71.3 Å². The fraction of sp³-hybridized carbons (Fsp3) is 0.267. The van der Waals surface area contributed by atoms with Crippen LogP contribution < -0.4 is 10.6 Å². The van der Waals surface area contributed by atoms with Crippen molar-refractivity contribution in [2.24, 2.45) is 0 Å². The second-order valence-corrected chi connectivity index (χ2v) is 9.01. The van der Waals surface area contributed by atoms with E-state index in [-0.39, 0.29) is 0 Å². The minimum absolute atomic E-state index is 0.337. The molecular formula is C30H30N6. The largest absolute Gasteiger partial charge is 0.341 e. The Labute approximate surface area is 211 Å². The van der Waals surface area contributed by atoms with Crippen LogP contribution in [0.15, 0.2) is 48.5 Å². The van der Waals surface area contributed by atoms with E-state index in [4.69, 9.17) is 4.98 Å². The third kappa shape index (κ3) is 4.83. The summed E-state index contributed by atoms with van der Waals surface area (Å²) < 4.78 is 0. The van der Waals surface area contributed by atoms with Crippen LogP contribution in [0.2, 0.25) is 0 Å². The normalized spacial score (nSPS) is 15.0. The molecule has 0 aliphatic carbocycles. The standard InChI is InChI=1S/C28H28N6.C2H2/c1-2-13-29-17-26-31-22-11-8-19(16-25(22)32-26)6-5-18-7-10-21-20(15-18)9-12-23-27(21)34-28(33-23)24-4-3-14-30-24;1-2/h7-12,15-16,24,29-30H,2-4,13-14,17H2,1H3,(H,31,32)(H,33,34);1-2H/t24-;/m0./s1. The molecule has 0 spiro atoms. The molecule has 6 nitrogen and oxygen atoms in total. The molecule has 3 aromatic carbocycles. The molecule has 1 atom stereocenters.